The van der Waals surface area contributed by atoms with Gasteiger partial charge in [0.05, 0.1) is 0 Å². The lowest BCUT2D eigenvalue weighted by atomic mass is 10.1. The minimum atomic E-state index is -2.88. The molecule has 166 valence electrons. The van der Waals surface area contributed by atoms with E-state index in [-0.39, 0.29) is 18.2 Å². The zero-order chi connectivity index (χ0) is 22.2. The maximum Gasteiger partial charge on any atom is 0.387 e. The molecule has 0 fully saturated rings. The fourth-order valence-electron chi connectivity index (χ4n) is 3.57. The van der Waals surface area contributed by atoms with E-state index in [0.29, 0.717) is 44.0 Å². The van der Waals surface area contributed by atoms with Crippen molar-refractivity contribution in [2.75, 3.05) is 13.6 Å². The number of carbonyl (C=O) groups is 1. The second kappa shape index (κ2) is 10.7. The number of nitrogens with zero attached hydrogens (tertiary/aromatic N) is 2. The van der Waals surface area contributed by atoms with Crippen LogP contribution in [0.5, 0.6) is 5.75 Å². The molecule has 6 nitrogen and oxygen atoms in total. The second-order valence-electron chi connectivity index (χ2n) is 7.46. The number of guanidine groups is 1. The van der Waals surface area contributed by atoms with Crippen molar-refractivity contribution in [1.29, 1.82) is 0 Å². The van der Waals surface area contributed by atoms with Gasteiger partial charge >= 0.3 is 6.61 Å². The number of carbonyl (C=O) groups excluding carboxylic acids is 1. The molecule has 0 atom stereocenters. The van der Waals surface area contributed by atoms with Crippen molar-refractivity contribution >= 4 is 11.9 Å². The molecule has 1 aliphatic heterocycles. The van der Waals surface area contributed by atoms with E-state index in [1.54, 1.807) is 19.2 Å². The van der Waals surface area contributed by atoms with Crippen LogP contribution in [0.25, 0.3) is 0 Å². The van der Waals surface area contributed by atoms with Crippen molar-refractivity contribution < 1.29 is 18.3 Å². The molecule has 1 amide bonds. The summed E-state index contributed by atoms with van der Waals surface area (Å²) in [4.78, 5) is 18.5. The third-order valence-corrected chi connectivity index (χ3v) is 5.16. The molecule has 0 radical (unpaired) electrons. The summed E-state index contributed by atoms with van der Waals surface area (Å²) >= 11 is 0. The van der Waals surface area contributed by atoms with Gasteiger partial charge in [-0.2, -0.15) is 8.78 Å². The summed E-state index contributed by atoms with van der Waals surface area (Å²) < 4.78 is 29.8. The van der Waals surface area contributed by atoms with E-state index in [9.17, 15) is 13.6 Å². The topological polar surface area (TPSA) is 66.0 Å². The van der Waals surface area contributed by atoms with Gasteiger partial charge in [0.15, 0.2) is 5.96 Å². The summed E-state index contributed by atoms with van der Waals surface area (Å²) in [6.07, 6.45) is 1.11. The van der Waals surface area contributed by atoms with Crippen molar-refractivity contribution in [2.45, 2.75) is 46.0 Å². The molecule has 0 saturated heterocycles. The third kappa shape index (κ3) is 6.41. The van der Waals surface area contributed by atoms with Crippen molar-refractivity contribution in [3.05, 3.63) is 64.7 Å². The Morgan fingerprint density at radius 2 is 1.87 bits per heavy atom. The molecular weight excluding hydrogens is 402 g/mol. The summed E-state index contributed by atoms with van der Waals surface area (Å²) in [7, 11) is 1.63. The highest BCUT2D eigenvalue weighted by molar-refractivity contribution is 5.80. The highest BCUT2D eigenvalue weighted by Gasteiger charge is 2.22. The van der Waals surface area contributed by atoms with Crippen LogP contribution in [0.2, 0.25) is 0 Å². The largest absolute Gasteiger partial charge is 0.434 e. The number of rotatable bonds is 8. The highest BCUT2D eigenvalue weighted by Crippen LogP contribution is 2.23. The molecule has 0 aromatic heterocycles. The van der Waals surface area contributed by atoms with Crippen molar-refractivity contribution in [2.24, 2.45) is 4.99 Å². The molecule has 1 aliphatic rings. The number of halogens is 2. The van der Waals surface area contributed by atoms with Gasteiger partial charge in [-0.1, -0.05) is 42.0 Å². The van der Waals surface area contributed by atoms with Gasteiger partial charge in [-0.15, -0.1) is 0 Å². The zero-order valence-corrected chi connectivity index (χ0v) is 17.8. The summed E-state index contributed by atoms with van der Waals surface area (Å²) in [5, 5.41) is 6.26. The van der Waals surface area contributed by atoms with E-state index in [2.05, 4.69) is 32.5 Å². The molecule has 31 heavy (non-hydrogen) atoms. The minimum Gasteiger partial charge on any atom is -0.434 e. The van der Waals surface area contributed by atoms with Crippen LogP contribution in [-0.2, 0) is 24.4 Å². The first-order valence-electron chi connectivity index (χ1n) is 10.3. The van der Waals surface area contributed by atoms with Crippen LogP contribution in [0.3, 0.4) is 0 Å². The Hall–Kier alpha value is -3.16. The molecule has 8 heteroatoms. The van der Waals surface area contributed by atoms with E-state index in [1.807, 2.05) is 24.0 Å². The Morgan fingerprint density at radius 1 is 1.16 bits per heavy atom. The summed E-state index contributed by atoms with van der Waals surface area (Å²) in [5.41, 5.74) is 3.99. The van der Waals surface area contributed by atoms with Crippen LogP contribution < -0.4 is 15.4 Å². The summed E-state index contributed by atoms with van der Waals surface area (Å²) in [6, 6.07) is 13.2. The first-order valence-corrected chi connectivity index (χ1v) is 10.3. The Bertz CT molecular complexity index is 909. The molecule has 0 aliphatic carbocycles. The smallest absolute Gasteiger partial charge is 0.387 e. The van der Waals surface area contributed by atoms with E-state index in [1.165, 1.54) is 17.2 Å². The highest BCUT2D eigenvalue weighted by atomic mass is 19.3. The van der Waals surface area contributed by atoms with Gasteiger partial charge < -0.3 is 20.3 Å². The molecule has 2 aromatic carbocycles. The molecule has 2 aromatic rings. The average Bonchev–Trinajstić information content (AvgIpc) is 3.19. The van der Waals surface area contributed by atoms with Crippen LogP contribution in [0, 0.1) is 6.92 Å². The van der Waals surface area contributed by atoms with Crippen molar-refractivity contribution in [3.8, 4) is 5.75 Å². The average molecular weight is 430 g/mol. The number of aliphatic imine (C=N–C) groups is 1. The number of ether oxygens (including phenoxy) is 1. The number of hydrogen-bond acceptors (Lipinski definition) is 3. The predicted octanol–water partition coefficient (Wildman–Crippen LogP) is 3.58. The van der Waals surface area contributed by atoms with Crippen LogP contribution >= 0.6 is 0 Å². The van der Waals surface area contributed by atoms with Crippen molar-refractivity contribution in [1.82, 2.24) is 15.5 Å². The molecule has 1 heterocycles. The first kappa shape index (κ1) is 22.5. The number of fused-ring (bicyclic) bond motifs is 1. The van der Waals surface area contributed by atoms with Gasteiger partial charge in [0.1, 0.15) is 5.75 Å². The minimum absolute atomic E-state index is 0.134. The second-order valence-corrected chi connectivity index (χ2v) is 7.46. The Kier molecular flexibility index (Phi) is 7.81. The van der Waals surface area contributed by atoms with Gasteiger partial charge in [-0.05, 0) is 30.5 Å². The number of hydrogen-bond donors (Lipinski definition) is 2. The van der Waals surface area contributed by atoms with Gasteiger partial charge in [-0.3, -0.25) is 9.79 Å². The van der Waals surface area contributed by atoms with Crippen LogP contribution in [0.1, 0.15) is 35.1 Å². The van der Waals surface area contributed by atoms with Gasteiger partial charge in [0.2, 0.25) is 5.91 Å². The lowest BCUT2D eigenvalue weighted by molar-refractivity contribution is -0.131. The van der Waals surface area contributed by atoms with Crippen LogP contribution in [0.15, 0.2) is 47.5 Å². The maximum atomic E-state index is 12.6. The van der Waals surface area contributed by atoms with Gasteiger partial charge in [0.25, 0.3) is 0 Å². The van der Waals surface area contributed by atoms with Crippen LogP contribution in [0.4, 0.5) is 8.78 Å². The molecule has 0 unspecified atom stereocenters. The fraction of sp³-hybridized carbons (Fsp3) is 0.391. The molecule has 3 rings (SSSR count). The van der Waals surface area contributed by atoms with Gasteiger partial charge in [0, 0.05) is 45.2 Å². The summed E-state index contributed by atoms with van der Waals surface area (Å²) in [6.45, 7) is 1.21. The Morgan fingerprint density at radius 3 is 2.52 bits per heavy atom. The first-order chi connectivity index (χ1) is 15.0. The lowest BCUT2D eigenvalue weighted by Gasteiger charge is -2.17. The fourth-order valence-corrected chi connectivity index (χ4v) is 3.57. The number of alkyl halides is 2. The van der Waals surface area contributed by atoms with Crippen LogP contribution in [-0.4, -0.2) is 37.0 Å². The van der Waals surface area contributed by atoms with E-state index in [0.717, 1.165) is 5.56 Å². The molecule has 2 N–H and O–H groups in total. The number of aryl methyl sites for hydroxylation is 1. The number of nitrogens with one attached hydrogen (secondary N) is 2. The summed E-state index contributed by atoms with van der Waals surface area (Å²) in [5.74, 6) is 0.806. The number of amides is 1. The van der Waals surface area contributed by atoms with E-state index in [4.69, 9.17) is 0 Å². The van der Waals surface area contributed by atoms with E-state index < -0.39 is 6.61 Å². The zero-order valence-electron chi connectivity index (χ0n) is 17.8. The molecule has 0 bridgehead atoms. The standard InChI is InChI=1S/C23H28F2N4O2/c1-16-9-10-20(31-22(24)25)19(12-16)13-28-23(26-2)27-11-5-8-21(30)29-14-17-6-3-4-7-18(17)15-29/h3-4,6-7,9-10,12,22H,5,8,11,13-15H2,1-2H3,(H2,26,27,28). The lowest BCUT2D eigenvalue weighted by Crippen LogP contribution is -2.37. The predicted molar refractivity (Wildman–Crippen MR) is 116 cm³/mol. The van der Waals surface area contributed by atoms with Crippen molar-refractivity contribution in [3.63, 3.8) is 0 Å². The maximum absolute atomic E-state index is 12.6. The van der Waals surface area contributed by atoms with E-state index >= 15 is 0 Å². The Labute approximate surface area is 181 Å². The quantitative estimate of drug-likeness (QED) is 0.382. The molecule has 0 saturated carbocycles. The third-order valence-electron chi connectivity index (χ3n) is 5.16. The SMILES string of the molecule is CN=C(NCCCC(=O)N1Cc2ccccc2C1)NCc1cc(C)ccc1OC(F)F. The molecular formula is C23H28F2N4O2. The number of benzene rings is 2. The Balaban J connectivity index is 1.41. The normalized spacial score (nSPS) is 13.3. The van der Waals surface area contributed by atoms with Gasteiger partial charge in [-0.25, -0.2) is 0 Å². The molecule has 0 spiro atoms. The monoisotopic (exact) mass is 430 g/mol.